The largest absolute Gasteiger partial charge is 0.496 e. The predicted octanol–water partition coefficient (Wildman–Crippen LogP) is 1.12. The van der Waals surface area contributed by atoms with Crippen molar-refractivity contribution in [1.82, 2.24) is 4.72 Å². The van der Waals surface area contributed by atoms with Gasteiger partial charge >= 0.3 is 0 Å². The number of aliphatic hydroxyl groups is 1. The Bertz CT molecular complexity index is 487. The number of nitrogens with one attached hydrogen (secondary N) is 1. The first kappa shape index (κ1) is 14.4. The van der Waals surface area contributed by atoms with Gasteiger partial charge in [-0.1, -0.05) is 0 Å². The van der Waals surface area contributed by atoms with Crippen LogP contribution in [-0.4, -0.2) is 33.3 Å². The molecular formula is C10H14BrNO4S. The molecular weight excluding hydrogens is 310 g/mol. The van der Waals surface area contributed by atoms with Crippen molar-refractivity contribution in [3.05, 3.63) is 22.7 Å². The van der Waals surface area contributed by atoms with Gasteiger partial charge in [-0.05, 0) is 35.0 Å². The van der Waals surface area contributed by atoms with Crippen LogP contribution in [0.5, 0.6) is 5.75 Å². The average Bonchev–Trinajstić information content (AvgIpc) is 2.27. The van der Waals surface area contributed by atoms with E-state index in [1.807, 2.05) is 0 Å². The van der Waals surface area contributed by atoms with E-state index in [4.69, 9.17) is 9.84 Å². The van der Waals surface area contributed by atoms with Crippen molar-refractivity contribution in [2.24, 2.45) is 0 Å². The lowest BCUT2D eigenvalue weighted by Crippen LogP contribution is -2.30. The van der Waals surface area contributed by atoms with E-state index in [9.17, 15) is 8.42 Å². The van der Waals surface area contributed by atoms with Crippen LogP contribution in [0, 0.1) is 0 Å². The molecule has 17 heavy (non-hydrogen) atoms. The van der Waals surface area contributed by atoms with Crippen LogP contribution in [0.2, 0.25) is 0 Å². The van der Waals surface area contributed by atoms with Gasteiger partial charge in [-0.15, -0.1) is 0 Å². The summed E-state index contributed by atoms with van der Waals surface area (Å²) in [5, 5.41) is 9.05. The van der Waals surface area contributed by atoms with Gasteiger partial charge in [0, 0.05) is 12.6 Å². The van der Waals surface area contributed by atoms with E-state index in [2.05, 4.69) is 20.7 Å². The number of hydrogen-bond donors (Lipinski definition) is 2. The molecule has 0 radical (unpaired) electrons. The van der Waals surface area contributed by atoms with Gasteiger partial charge in [0.15, 0.2) is 0 Å². The van der Waals surface area contributed by atoms with Crippen molar-refractivity contribution in [2.75, 3.05) is 13.7 Å². The molecule has 1 rings (SSSR count). The van der Waals surface area contributed by atoms with Crippen LogP contribution >= 0.6 is 15.9 Å². The Morgan fingerprint density at radius 1 is 1.53 bits per heavy atom. The second kappa shape index (κ2) is 5.81. The van der Waals surface area contributed by atoms with Crippen LogP contribution < -0.4 is 9.46 Å². The molecule has 1 aromatic rings. The third kappa shape index (κ3) is 3.95. The lowest BCUT2D eigenvalue weighted by Gasteiger charge is -2.10. The molecule has 0 aliphatic heterocycles. The summed E-state index contributed by atoms with van der Waals surface area (Å²) in [6.45, 7) is 1.48. The molecule has 0 fully saturated rings. The molecule has 7 heteroatoms. The Balaban J connectivity index is 2.99. The zero-order valence-corrected chi connectivity index (χ0v) is 11.9. The van der Waals surface area contributed by atoms with E-state index in [0.717, 1.165) is 0 Å². The molecule has 0 bridgehead atoms. The number of benzene rings is 1. The third-order valence-electron chi connectivity index (χ3n) is 2.00. The number of halogens is 1. The number of rotatable bonds is 5. The molecule has 0 aliphatic rings. The SMILES string of the molecule is COc1cc(S(=O)(=O)NC[C@H](C)O)ccc1Br. The summed E-state index contributed by atoms with van der Waals surface area (Å²) in [7, 11) is -2.16. The van der Waals surface area contributed by atoms with Crippen molar-refractivity contribution >= 4 is 26.0 Å². The third-order valence-corrected chi connectivity index (χ3v) is 4.08. The minimum absolute atomic E-state index is 0.0271. The van der Waals surface area contributed by atoms with Gasteiger partial charge in [0.2, 0.25) is 10.0 Å². The summed E-state index contributed by atoms with van der Waals surface area (Å²) < 4.78 is 31.6. The first-order valence-corrected chi connectivity index (χ1v) is 7.15. The molecule has 96 valence electrons. The topological polar surface area (TPSA) is 75.6 Å². The Kier molecular flexibility index (Phi) is 4.93. The Labute approximate surface area is 109 Å². The molecule has 0 aliphatic carbocycles. The fraction of sp³-hybridized carbons (Fsp3) is 0.400. The highest BCUT2D eigenvalue weighted by Gasteiger charge is 2.16. The van der Waals surface area contributed by atoms with Gasteiger partial charge in [0.1, 0.15) is 5.75 Å². The van der Waals surface area contributed by atoms with Crippen LogP contribution in [0.4, 0.5) is 0 Å². The van der Waals surface area contributed by atoms with Crippen LogP contribution in [0.1, 0.15) is 6.92 Å². The van der Waals surface area contributed by atoms with E-state index in [1.54, 1.807) is 6.07 Å². The monoisotopic (exact) mass is 323 g/mol. The standard InChI is InChI=1S/C10H14BrNO4S/c1-7(13)6-12-17(14,15)8-3-4-9(11)10(5-8)16-2/h3-5,7,12-13H,6H2,1-2H3/t7-/m0/s1. The van der Waals surface area contributed by atoms with Gasteiger partial charge in [0.05, 0.1) is 22.6 Å². The van der Waals surface area contributed by atoms with Gasteiger partial charge in [-0.3, -0.25) is 0 Å². The van der Waals surface area contributed by atoms with Crippen LogP contribution in [-0.2, 0) is 10.0 Å². The van der Waals surface area contributed by atoms with Crippen LogP contribution in [0.3, 0.4) is 0 Å². The molecule has 1 atom stereocenters. The molecule has 0 amide bonds. The number of ether oxygens (including phenoxy) is 1. The number of hydrogen-bond acceptors (Lipinski definition) is 4. The minimum atomic E-state index is -3.62. The maximum Gasteiger partial charge on any atom is 0.240 e. The van der Waals surface area contributed by atoms with Gasteiger partial charge in [-0.2, -0.15) is 0 Å². The van der Waals surface area contributed by atoms with Crippen LogP contribution in [0.25, 0.3) is 0 Å². The molecule has 0 saturated heterocycles. The van der Waals surface area contributed by atoms with Crippen molar-refractivity contribution in [2.45, 2.75) is 17.9 Å². The average molecular weight is 324 g/mol. The molecule has 0 heterocycles. The summed E-state index contributed by atoms with van der Waals surface area (Å²) >= 11 is 3.24. The van der Waals surface area contributed by atoms with Crippen molar-refractivity contribution < 1.29 is 18.3 Å². The van der Waals surface area contributed by atoms with E-state index in [-0.39, 0.29) is 11.4 Å². The zero-order chi connectivity index (χ0) is 13.1. The van der Waals surface area contributed by atoms with Gasteiger partial charge in [0.25, 0.3) is 0 Å². The number of methoxy groups -OCH3 is 1. The molecule has 0 aromatic heterocycles. The number of aliphatic hydroxyl groups excluding tert-OH is 1. The minimum Gasteiger partial charge on any atom is -0.496 e. The predicted molar refractivity (Wildman–Crippen MR) is 67.6 cm³/mol. The molecule has 5 nitrogen and oxygen atoms in total. The summed E-state index contributed by atoms with van der Waals surface area (Å²) in [5.74, 6) is 0.435. The van der Waals surface area contributed by atoms with E-state index >= 15 is 0 Å². The van der Waals surface area contributed by atoms with Gasteiger partial charge in [-0.25, -0.2) is 13.1 Å². The molecule has 0 saturated carbocycles. The zero-order valence-electron chi connectivity index (χ0n) is 9.47. The second-order valence-electron chi connectivity index (χ2n) is 3.50. The van der Waals surface area contributed by atoms with Crippen LogP contribution in [0.15, 0.2) is 27.6 Å². The maximum atomic E-state index is 11.8. The van der Waals surface area contributed by atoms with E-state index in [1.165, 1.54) is 26.2 Å². The summed E-state index contributed by atoms with van der Waals surface area (Å²) in [4.78, 5) is 0.0956. The summed E-state index contributed by atoms with van der Waals surface area (Å²) in [6.07, 6.45) is -0.734. The quantitative estimate of drug-likeness (QED) is 0.851. The Morgan fingerprint density at radius 2 is 2.18 bits per heavy atom. The molecule has 1 aromatic carbocycles. The lowest BCUT2D eigenvalue weighted by atomic mass is 10.3. The first-order chi connectivity index (χ1) is 7.86. The van der Waals surface area contributed by atoms with Crippen molar-refractivity contribution in [1.29, 1.82) is 0 Å². The first-order valence-electron chi connectivity index (χ1n) is 4.88. The smallest absolute Gasteiger partial charge is 0.240 e. The van der Waals surface area contributed by atoms with Crippen molar-refractivity contribution in [3.8, 4) is 5.75 Å². The van der Waals surface area contributed by atoms with E-state index < -0.39 is 16.1 Å². The highest BCUT2D eigenvalue weighted by atomic mass is 79.9. The molecule has 0 spiro atoms. The van der Waals surface area contributed by atoms with Gasteiger partial charge < -0.3 is 9.84 Å². The highest BCUT2D eigenvalue weighted by molar-refractivity contribution is 9.10. The Morgan fingerprint density at radius 3 is 2.71 bits per heavy atom. The fourth-order valence-corrected chi connectivity index (χ4v) is 2.67. The summed E-state index contributed by atoms with van der Waals surface area (Å²) in [6, 6.07) is 4.46. The summed E-state index contributed by atoms with van der Waals surface area (Å²) in [5.41, 5.74) is 0. The Hall–Kier alpha value is -0.630. The van der Waals surface area contributed by atoms with E-state index in [0.29, 0.717) is 10.2 Å². The number of sulfonamides is 1. The second-order valence-corrected chi connectivity index (χ2v) is 6.12. The lowest BCUT2D eigenvalue weighted by molar-refractivity contribution is 0.198. The fourth-order valence-electron chi connectivity index (χ4n) is 1.12. The maximum absolute atomic E-state index is 11.8. The highest BCUT2D eigenvalue weighted by Crippen LogP contribution is 2.27. The normalized spacial score (nSPS) is 13.4. The molecule has 0 unspecified atom stereocenters. The molecule has 2 N–H and O–H groups in total. The van der Waals surface area contributed by atoms with Crippen molar-refractivity contribution in [3.63, 3.8) is 0 Å².